The molecule has 0 aromatic rings. The van der Waals surface area contributed by atoms with Crippen LogP contribution in [-0.4, -0.2) is 31.7 Å². The van der Waals surface area contributed by atoms with E-state index in [4.69, 9.17) is 10.5 Å². The lowest BCUT2D eigenvalue weighted by Crippen LogP contribution is -2.52. The predicted molar refractivity (Wildman–Crippen MR) is 66.2 cm³/mol. The van der Waals surface area contributed by atoms with Crippen LogP contribution in [-0.2, 0) is 9.53 Å². The molecule has 0 rings (SSSR count). The fourth-order valence-corrected chi connectivity index (χ4v) is 1.13. The van der Waals surface area contributed by atoms with Crippen LogP contribution in [0.1, 0.15) is 40.5 Å². The number of nitrogens with two attached hydrogens (primary N) is 1. The highest BCUT2D eigenvalue weighted by Gasteiger charge is 2.28. The largest absolute Gasteiger partial charge is 0.381 e. The van der Waals surface area contributed by atoms with E-state index in [0.717, 1.165) is 13.0 Å². The van der Waals surface area contributed by atoms with Gasteiger partial charge in [0.2, 0.25) is 5.91 Å². The van der Waals surface area contributed by atoms with Crippen LogP contribution in [0.25, 0.3) is 0 Å². The highest BCUT2D eigenvalue weighted by atomic mass is 16.5. The highest BCUT2D eigenvalue weighted by molar-refractivity contribution is 5.84. The van der Waals surface area contributed by atoms with E-state index in [1.54, 1.807) is 14.0 Å². The van der Waals surface area contributed by atoms with Crippen molar-refractivity contribution in [2.75, 3.05) is 20.3 Å². The maximum absolute atomic E-state index is 11.2. The molecule has 0 aliphatic rings. The molecule has 0 aliphatic carbocycles. The van der Waals surface area contributed by atoms with E-state index in [-0.39, 0.29) is 11.3 Å². The Morgan fingerprint density at radius 2 is 1.69 bits per heavy atom. The Labute approximate surface area is 98.9 Å². The molecule has 0 saturated carbocycles. The van der Waals surface area contributed by atoms with E-state index < -0.39 is 5.54 Å². The fourth-order valence-electron chi connectivity index (χ4n) is 1.13. The SMILES string of the molecule is CNC(C)(CCOCCC(C)(C)C)C(N)=O. The summed E-state index contributed by atoms with van der Waals surface area (Å²) < 4.78 is 5.51. The van der Waals surface area contributed by atoms with Crippen molar-refractivity contribution in [3.05, 3.63) is 0 Å². The topological polar surface area (TPSA) is 64.3 Å². The molecule has 1 amide bonds. The van der Waals surface area contributed by atoms with Crippen LogP contribution < -0.4 is 11.1 Å². The second-order valence-corrected chi connectivity index (χ2v) is 5.62. The average Bonchev–Trinajstić information content (AvgIpc) is 2.14. The van der Waals surface area contributed by atoms with Crippen molar-refractivity contribution < 1.29 is 9.53 Å². The van der Waals surface area contributed by atoms with Crippen LogP contribution in [0.5, 0.6) is 0 Å². The highest BCUT2D eigenvalue weighted by Crippen LogP contribution is 2.18. The molecule has 4 heteroatoms. The summed E-state index contributed by atoms with van der Waals surface area (Å²) >= 11 is 0. The molecule has 0 spiro atoms. The summed E-state index contributed by atoms with van der Waals surface area (Å²) in [6.07, 6.45) is 1.61. The maximum atomic E-state index is 11.2. The van der Waals surface area contributed by atoms with Crippen LogP contribution in [0, 0.1) is 5.41 Å². The summed E-state index contributed by atoms with van der Waals surface area (Å²) in [6.45, 7) is 9.60. The third-order valence-electron chi connectivity index (χ3n) is 2.84. The summed E-state index contributed by atoms with van der Waals surface area (Å²) in [5.74, 6) is -0.338. The van der Waals surface area contributed by atoms with E-state index in [0.29, 0.717) is 13.0 Å². The van der Waals surface area contributed by atoms with Crippen LogP contribution in [0.3, 0.4) is 0 Å². The Hall–Kier alpha value is -0.610. The van der Waals surface area contributed by atoms with Crippen molar-refractivity contribution in [2.24, 2.45) is 11.1 Å². The molecule has 4 nitrogen and oxygen atoms in total. The number of amides is 1. The number of hydrogen-bond acceptors (Lipinski definition) is 3. The minimum atomic E-state index is -0.665. The summed E-state index contributed by atoms with van der Waals surface area (Å²) in [5.41, 5.74) is 4.93. The Morgan fingerprint density at radius 3 is 2.06 bits per heavy atom. The quantitative estimate of drug-likeness (QED) is 0.648. The monoisotopic (exact) mass is 230 g/mol. The van der Waals surface area contributed by atoms with Gasteiger partial charge in [-0.15, -0.1) is 0 Å². The minimum Gasteiger partial charge on any atom is -0.381 e. The molecule has 3 N–H and O–H groups in total. The molecule has 0 aromatic heterocycles. The van der Waals surface area contributed by atoms with Gasteiger partial charge in [-0.2, -0.15) is 0 Å². The number of ether oxygens (including phenoxy) is 1. The summed E-state index contributed by atoms with van der Waals surface area (Å²) in [6, 6.07) is 0. The predicted octanol–water partition coefficient (Wildman–Crippen LogP) is 1.29. The van der Waals surface area contributed by atoms with Gasteiger partial charge < -0.3 is 15.8 Å². The van der Waals surface area contributed by atoms with E-state index >= 15 is 0 Å². The van der Waals surface area contributed by atoms with Crippen molar-refractivity contribution in [1.29, 1.82) is 0 Å². The van der Waals surface area contributed by atoms with Crippen molar-refractivity contribution in [1.82, 2.24) is 5.32 Å². The molecule has 1 atom stereocenters. The van der Waals surface area contributed by atoms with Gasteiger partial charge in [-0.05, 0) is 32.2 Å². The first-order chi connectivity index (χ1) is 7.21. The third-order valence-corrected chi connectivity index (χ3v) is 2.84. The first kappa shape index (κ1) is 15.4. The molecule has 0 fully saturated rings. The number of likely N-dealkylation sites (N-methyl/N-ethyl adjacent to an activating group) is 1. The van der Waals surface area contributed by atoms with Gasteiger partial charge in [-0.1, -0.05) is 20.8 Å². The van der Waals surface area contributed by atoms with Crippen LogP contribution in [0.4, 0.5) is 0 Å². The van der Waals surface area contributed by atoms with E-state index in [9.17, 15) is 4.79 Å². The van der Waals surface area contributed by atoms with Gasteiger partial charge in [-0.3, -0.25) is 4.79 Å². The Kier molecular flexibility index (Phi) is 5.97. The fraction of sp³-hybridized carbons (Fsp3) is 0.917. The van der Waals surface area contributed by atoms with E-state index in [1.807, 2.05) is 0 Å². The first-order valence-electron chi connectivity index (χ1n) is 5.78. The molecule has 16 heavy (non-hydrogen) atoms. The van der Waals surface area contributed by atoms with Crippen LogP contribution in [0.2, 0.25) is 0 Å². The zero-order valence-electron chi connectivity index (χ0n) is 11.2. The Balaban J connectivity index is 3.77. The molecule has 0 heterocycles. The lowest BCUT2D eigenvalue weighted by Gasteiger charge is -2.25. The smallest absolute Gasteiger partial charge is 0.237 e. The molecule has 0 aromatic carbocycles. The normalized spacial score (nSPS) is 15.8. The minimum absolute atomic E-state index is 0.288. The second-order valence-electron chi connectivity index (χ2n) is 5.62. The molecule has 0 radical (unpaired) electrons. The van der Waals surface area contributed by atoms with Gasteiger partial charge in [-0.25, -0.2) is 0 Å². The van der Waals surface area contributed by atoms with Gasteiger partial charge >= 0.3 is 0 Å². The number of primary amides is 1. The van der Waals surface area contributed by atoms with Gasteiger partial charge in [0.15, 0.2) is 0 Å². The zero-order valence-corrected chi connectivity index (χ0v) is 11.2. The van der Waals surface area contributed by atoms with Gasteiger partial charge in [0, 0.05) is 13.2 Å². The van der Waals surface area contributed by atoms with Crippen molar-refractivity contribution in [3.63, 3.8) is 0 Å². The molecule has 0 bridgehead atoms. The standard InChI is InChI=1S/C12H26N2O2/c1-11(2,3)6-8-16-9-7-12(4,14-5)10(13)15/h14H,6-9H2,1-5H3,(H2,13,15). The van der Waals surface area contributed by atoms with Crippen LogP contribution in [0.15, 0.2) is 0 Å². The number of hydrogen-bond donors (Lipinski definition) is 2. The van der Waals surface area contributed by atoms with Gasteiger partial charge in [0.05, 0.1) is 5.54 Å². The van der Waals surface area contributed by atoms with Gasteiger partial charge in [0.25, 0.3) is 0 Å². The van der Waals surface area contributed by atoms with Crippen molar-refractivity contribution >= 4 is 5.91 Å². The molecule has 0 saturated heterocycles. The van der Waals surface area contributed by atoms with Crippen molar-refractivity contribution in [3.8, 4) is 0 Å². The Bertz CT molecular complexity index is 224. The average molecular weight is 230 g/mol. The molecular weight excluding hydrogens is 204 g/mol. The van der Waals surface area contributed by atoms with Crippen molar-refractivity contribution in [2.45, 2.75) is 46.1 Å². The third kappa shape index (κ3) is 6.08. The number of carbonyl (C=O) groups is 1. The van der Waals surface area contributed by atoms with E-state index in [2.05, 4.69) is 26.1 Å². The Morgan fingerprint density at radius 1 is 1.19 bits per heavy atom. The maximum Gasteiger partial charge on any atom is 0.237 e. The number of nitrogens with one attached hydrogen (secondary N) is 1. The van der Waals surface area contributed by atoms with Gasteiger partial charge in [0.1, 0.15) is 0 Å². The molecule has 1 unspecified atom stereocenters. The molecule has 0 aliphatic heterocycles. The summed E-state index contributed by atoms with van der Waals surface area (Å²) in [5, 5.41) is 2.93. The first-order valence-corrected chi connectivity index (χ1v) is 5.78. The second kappa shape index (κ2) is 6.21. The zero-order chi connectivity index (χ0) is 12.8. The summed E-state index contributed by atoms with van der Waals surface area (Å²) in [4.78, 5) is 11.2. The summed E-state index contributed by atoms with van der Waals surface area (Å²) in [7, 11) is 1.74. The van der Waals surface area contributed by atoms with E-state index in [1.165, 1.54) is 0 Å². The lowest BCUT2D eigenvalue weighted by molar-refractivity contribution is -0.124. The molecule has 96 valence electrons. The van der Waals surface area contributed by atoms with Crippen LogP contribution >= 0.6 is 0 Å². The number of rotatable bonds is 7. The lowest BCUT2D eigenvalue weighted by atomic mass is 9.93. The number of carbonyl (C=O) groups excluding carboxylic acids is 1. The molecular formula is C12H26N2O2.